The number of amides is 1. The number of aliphatic hydroxyl groups is 1. The molecule has 1 fully saturated rings. The van der Waals surface area contributed by atoms with E-state index in [2.05, 4.69) is 5.32 Å². The van der Waals surface area contributed by atoms with Crippen LogP contribution >= 0.6 is 11.6 Å². The molecule has 0 aromatic heterocycles. The first-order valence-electron chi connectivity index (χ1n) is 6.07. The lowest BCUT2D eigenvalue weighted by Gasteiger charge is -2.32. The molecule has 0 atom stereocenters. The highest BCUT2D eigenvalue weighted by Crippen LogP contribution is 2.22. The van der Waals surface area contributed by atoms with Crippen molar-refractivity contribution >= 4 is 17.5 Å². The topological polar surface area (TPSA) is 78.8 Å². The SMILES string of the molecule is O=C(NCC1(O)CCOCC1)c1cc(Cl)ccc1O. The van der Waals surface area contributed by atoms with E-state index in [1.54, 1.807) is 0 Å². The van der Waals surface area contributed by atoms with Crippen LogP contribution in [0.4, 0.5) is 0 Å². The van der Waals surface area contributed by atoms with Gasteiger partial charge >= 0.3 is 0 Å². The van der Waals surface area contributed by atoms with Gasteiger partial charge < -0.3 is 20.3 Å². The first-order chi connectivity index (χ1) is 9.00. The smallest absolute Gasteiger partial charge is 0.255 e. The zero-order valence-electron chi connectivity index (χ0n) is 10.4. The Bertz CT molecular complexity index is 472. The van der Waals surface area contributed by atoms with Crippen LogP contribution in [0.3, 0.4) is 0 Å². The Morgan fingerprint density at radius 2 is 2.11 bits per heavy atom. The third-order valence-corrected chi connectivity index (χ3v) is 3.44. The fourth-order valence-electron chi connectivity index (χ4n) is 1.96. The van der Waals surface area contributed by atoms with Crippen molar-refractivity contribution in [1.29, 1.82) is 0 Å². The number of rotatable bonds is 3. The first-order valence-corrected chi connectivity index (χ1v) is 6.45. The summed E-state index contributed by atoms with van der Waals surface area (Å²) in [6.45, 7) is 1.09. The average molecular weight is 286 g/mol. The van der Waals surface area contributed by atoms with Crippen LogP contribution in [-0.2, 0) is 4.74 Å². The Balaban J connectivity index is 1.99. The Kier molecular flexibility index (Phi) is 4.29. The average Bonchev–Trinajstić information content (AvgIpc) is 2.40. The molecule has 1 aromatic rings. The van der Waals surface area contributed by atoms with Crippen LogP contribution in [0.2, 0.25) is 5.02 Å². The molecule has 3 N–H and O–H groups in total. The normalized spacial score (nSPS) is 18.0. The summed E-state index contributed by atoms with van der Waals surface area (Å²) >= 11 is 5.78. The van der Waals surface area contributed by atoms with E-state index in [0.29, 0.717) is 31.1 Å². The second-order valence-electron chi connectivity index (χ2n) is 4.68. The highest BCUT2D eigenvalue weighted by atomic mass is 35.5. The van der Waals surface area contributed by atoms with Crippen molar-refractivity contribution in [3.05, 3.63) is 28.8 Å². The van der Waals surface area contributed by atoms with E-state index in [9.17, 15) is 15.0 Å². The van der Waals surface area contributed by atoms with Crippen molar-refractivity contribution in [2.45, 2.75) is 18.4 Å². The Morgan fingerprint density at radius 1 is 1.42 bits per heavy atom. The predicted octanol–water partition coefficient (Wildman–Crippen LogP) is 1.32. The fraction of sp³-hybridized carbons (Fsp3) is 0.462. The molecule has 1 saturated heterocycles. The molecule has 0 unspecified atom stereocenters. The van der Waals surface area contributed by atoms with Crippen molar-refractivity contribution in [2.24, 2.45) is 0 Å². The lowest BCUT2D eigenvalue weighted by atomic mass is 9.94. The monoisotopic (exact) mass is 285 g/mol. The van der Waals surface area contributed by atoms with Gasteiger partial charge in [0, 0.05) is 37.6 Å². The van der Waals surface area contributed by atoms with Gasteiger partial charge in [-0.1, -0.05) is 11.6 Å². The number of hydrogen-bond acceptors (Lipinski definition) is 4. The second-order valence-corrected chi connectivity index (χ2v) is 5.12. The van der Waals surface area contributed by atoms with E-state index in [4.69, 9.17) is 16.3 Å². The minimum atomic E-state index is -0.942. The van der Waals surface area contributed by atoms with Crippen LogP contribution in [0.5, 0.6) is 5.75 Å². The number of aromatic hydroxyl groups is 1. The molecule has 0 saturated carbocycles. The zero-order valence-corrected chi connectivity index (χ0v) is 11.1. The molecule has 1 heterocycles. The van der Waals surface area contributed by atoms with Crippen molar-refractivity contribution in [3.63, 3.8) is 0 Å². The van der Waals surface area contributed by atoms with Crippen LogP contribution in [-0.4, -0.2) is 41.5 Å². The quantitative estimate of drug-likeness (QED) is 0.782. The molecule has 104 valence electrons. The van der Waals surface area contributed by atoms with Gasteiger partial charge in [0.25, 0.3) is 5.91 Å². The standard InChI is InChI=1S/C13H16ClNO4/c14-9-1-2-11(16)10(7-9)12(17)15-8-13(18)3-5-19-6-4-13/h1-2,7,16,18H,3-6,8H2,(H,15,17). The van der Waals surface area contributed by atoms with Crippen LogP contribution in [0.1, 0.15) is 23.2 Å². The molecule has 1 amide bonds. The van der Waals surface area contributed by atoms with Gasteiger partial charge in [-0.3, -0.25) is 4.79 Å². The van der Waals surface area contributed by atoms with Crippen molar-refractivity contribution in [2.75, 3.05) is 19.8 Å². The minimum absolute atomic E-state index is 0.100. The van der Waals surface area contributed by atoms with Gasteiger partial charge in [-0.2, -0.15) is 0 Å². The molecule has 0 aliphatic carbocycles. The molecule has 0 radical (unpaired) electrons. The first kappa shape index (κ1) is 14.1. The fourth-order valence-corrected chi connectivity index (χ4v) is 2.13. The van der Waals surface area contributed by atoms with E-state index in [0.717, 1.165) is 0 Å². The van der Waals surface area contributed by atoms with Crippen LogP contribution < -0.4 is 5.32 Å². The summed E-state index contributed by atoms with van der Waals surface area (Å²) in [4.78, 5) is 11.9. The van der Waals surface area contributed by atoms with Gasteiger partial charge in [-0.05, 0) is 18.2 Å². The van der Waals surface area contributed by atoms with Crippen molar-refractivity contribution < 1.29 is 19.7 Å². The van der Waals surface area contributed by atoms with Crippen LogP contribution in [0.15, 0.2) is 18.2 Å². The summed E-state index contributed by atoms with van der Waals surface area (Å²) in [6.07, 6.45) is 0.962. The number of phenolic OH excluding ortho intramolecular Hbond substituents is 1. The highest BCUT2D eigenvalue weighted by Gasteiger charge is 2.30. The minimum Gasteiger partial charge on any atom is -0.507 e. The Hall–Kier alpha value is -1.30. The van der Waals surface area contributed by atoms with E-state index in [1.807, 2.05) is 0 Å². The summed E-state index contributed by atoms with van der Waals surface area (Å²) in [5.74, 6) is -0.596. The van der Waals surface area contributed by atoms with Crippen molar-refractivity contribution in [3.8, 4) is 5.75 Å². The summed E-state index contributed by atoms with van der Waals surface area (Å²) in [7, 11) is 0. The maximum Gasteiger partial charge on any atom is 0.255 e. The molecule has 1 aromatic carbocycles. The third kappa shape index (κ3) is 3.59. The largest absolute Gasteiger partial charge is 0.507 e. The number of nitrogens with one attached hydrogen (secondary N) is 1. The van der Waals surface area contributed by atoms with Crippen molar-refractivity contribution in [1.82, 2.24) is 5.32 Å². The summed E-state index contributed by atoms with van der Waals surface area (Å²) in [6, 6.07) is 4.25. The number of carbonyl (C=O) groups excluding carboxylic acids is 1. The summed E-state index contributed by atoms with van der Waals surface area (Å²) in [5, 5.41) is 22.8. The number of benzene rings is 1. The van der Waals surface area contributed by atoms with Gasteiger partial charge in [0.1, 0.15) is 5.75 Å². The molecule has 1 aliphatic heterocycles. The molecule has 5 nitrogen and oxygen atoms in total. The highest BCUT2D eigenvalue weighted by molar-refractivity contribution is 6.31. The molecular formula is C13H16ClNO4. The van der Waals surface area contributed by atoms with Gasteiger partial charge in [0.05, 0.1) is 11.2 Å². The predicted molar refractivity (Wildman–Crippen MR) is 70.5 cm³/mol. The van der Waals surface area contributed by atoms with Crippen LogP contribution in [0, 0.1) is 0 Å². The maximum atomic E-state index is 11.9. The van der Waals surface area contributed by atoms with Gasteiger partial charge in [-0.15, -0.1) is 0 Å². The lowest BCUT2D eigenvalue weighted by Crippen LogP contribution is -2.46. The van der Waals surface area contributed by atoms with Gasteiger partial charge in [0.2, 0.25) is 0 Å². The second kappa shape index (κ2) is 5.77. The molecule has 1 aliphatic rings. The molecule has 2 rings (SSSR count). The van der Waals surface area contributed by atoms with E-state index in [-0.39, 0.29) is 17.9 Å². The number of carbonyl (C=O) groups is 1. The third-order valence-electron chi connectivity index (χ3n) is 3.20. The molecule has 19 heavy (non-hydrogen) atoms. The Labute approximate surface area is 116 Å². The summed E-state index contributed by atoms with van der Waals surface area (Å²) in [5.41, 5.74) is -0.842. The number of hydrogen-bond donors (Lipinski definition) is 3. The van der Waals surface area contributed by atoms with Gasteiger partial charge in [-0.25, -0.2) is 0 Å². The van der Waals surface area contributed by atoms with Gasteiger partial charge in [0.15, 0.2) is 0 Å². The molecule has 0 spiro atoms. The lowest BCUT2D eigenvalue weighted by molar-refractivity contribution is -0.0605. The summed E-state index contributed by atoms with van der Waals surface area (Å²) < 4.78 is 5.16. The molecular weight excluding hydrogens is 270 g/mol. The number of halogens is 1. The molecule has 6 heteroatoms. The maximum absolute atomic E-state index is 11.9. The number of ether oxygens (including phenoxy) is 1. The number of phenols is 1. The van der Waals surface area contributed by atoms with E-state index < -0.39 is 11.5 Å². The van der Waals surface area contributed by atoms with Crippen LogP contribution in [0.25, 0.3) is 0 Å². The molecule has 0 bridgehead atoms. The zero-order chi connectivity index (χ0) is 13.9. The Morgan fingerprint density at radius 3 is 2.79 bits per heavy atom. The van der Waals surface area contributed by atoms with E-state index in [1.165, 1.54) is 18.2 Å². The van der Waals surface area contributed by atoms with E-state index >= 15 is 0 Å².